The quantitative estimate of drug-likeness (QED) is 0.760. The molecule has 0 bridgehead atoms. The van der Waals surface area contributed by atoms with Crippen LogP contribution in [0.15, 0.2) is 6.20 Å². The zero-order valence-electron chi connectivity index (χ0n) is 9.36. The summed E-state index contributed by atoms with van der Waals surface area (Å²) in [5, 5.41) is 15.4. The molecule has 1 heterocycles. The number of carbonyl (C=O) groups excluding carboxylic acids is 1. The van der Waals surface area contributed by atoms with Crippen LogP contribution in [0.5, 0.6) is 0 Å². The molecule has 0 fully saturated rings. The highest BCUT2D eigenvalue weighted by Crippen LogP contribution is 2.07. The van der Waals surface area contributed by atoms with E-state index < -0.39 is 5.97 Å². The summed E-state index contributed by atoms with van der Waals surface area (Å²) in [6.07, 6.45) is 1.60. The number of hydrogen-bond acceptors (Lipinski definition) is 3. The number of aryl methyl sites for hydroxylation is 1. The second-order valence-electron chi connectivity index (χ2n) is 3.38. The molecule has 1 aromatic heterocycles. The van der Waals surface area contributed by atoms with E-state index in [0.29, 0.717) is 25.2 Å². The summed E-state index contributed by atoms with van der Waals surface area (Å²) in [7, 11) is 0. The van der Waals surface area contributed by atoms with Crippen LogP contribution in [0.1, 0.15) is 29.4 Å². The summed E-state index contributed by atoms with van der Waals surface area (Å²) in [5.74, 6) is -1.06. The maximum atomic E-state index is 11.2. The Hall–Kier alpha value is -1.85. The minimum absolute atomic E-state index is 0.0609. The van der Waals surface area contributed by atoms with Gasteiger partial charge in [-0.25, -0.2) is 4.79 Å². The lowest BCUT2D eigenvalue weighted by atomic mass is 10.2. The van der Waals surface area contributed by atoms with Gasteiger partial charge in [-0.15, -0.1) is 0 Å². The summed E-state index contributed by atoms with van der Waals surface area (Å²) in [4.78, 5) is 21.9. The average Bonchev–Trinajstić information content (AvgIpc) is 2.57. The molecule has 0 unspecified atom stereocenters. The number of carboxylic acid groups (broad SMARTS) is 1. The van der Waals surface area contributed by atoms with Crippen LogP contribution in [0.4, 0.5) is 0 Å². The molecule has 1 rings (SSSR count). The highest BCUT2D eigenvalue weighted by molar-refractivity contribution is 5.88. The molecule has 0 aromatic carbocycles. The molecule has 0 spiro atoms. The summed E-state index contributed by atoms with van der Waals surface area (Å²) >= 11 is 0. The lowest BCUT2D eigenvalue weighted by molar-refractivity contribution is -0.121. The van der Waals surface area contributed by atoms with Crippen LogP contribution in [0.25, 0.3) is 0 Å². The van der Waals surface area contributed by atoms with E-state index in [0.717, 1.165) is 0 Å². The Bertz CT molecular complexity index is 398. The van der Waals surface area contributed by atoms with Gasteiger partial charge in [0.2, 0.25) is 5.91 Å². The van der Waals surface area contributed by atoms with Gasteiger partial charge in [0.25, 0.3) is 0 Å². The first kappa shape index (κ1) is 12.2. The van der Waals surface area contributed by atoms with E-state index in [1.807, 2.05) is 6.92 Å². The predicted molar refractivity (Wildman–Crippen MR) is 57.2 cm³/mol. The number of nitrogens with zero attached hydrogens (tertiary/aromatic N) is 2. The Morgan fingerprint density at radius 3 is 2.75 bits per heavy atom. The van der Waals surface area contributed by atoms with E-state index in [2.05, 4.69) is 10.4 Å². The molecule has 0 radical (unpaired) electrons. The molecule has 1 aromatic rings. The molecule has 6 heteroatoms. The van der Waals surface area contributed by atoms with E-state index in [1.165, 1.54) is 10.9 Å². The number of rotatable bonds is 5. The van der Waals surface area contributed by atoms with Crippen molar-refractivity contribution >= 4 is 11.9 Å². The van der Waals surface area contributed by atoms with Gasteiger partial charge >= 0.3 is 5.97 Å². The van der Waals surface area contributed by atoms with Crippen LogP contribution in [0, 0.1) is 6.92 Å². The van der Waals surface area contributed by atoms with Gasteiger partial charge in [-0.05, 0) is 13.8 Å². The van der Waals surface area contributed by atoms with Crippen LogP contribution in [-0.2, 0) is 11.3 Å². The molecule has 0 atom stereocenters. The second kappa shape index (κ2) is 5.29. The molecule has 1 amide bonds. The fraction of sp³-hybridized carbons (Fsp3) is 0.500. The number of amides is 1. The average molecular weight is 225 g/mol. The van der Waals surface area contributed by atoms with Crippen molar-refractivity contribution in [2.75, 3.05) is 6.54 Å². The highest BCUT2D eigenvalue weighted by atomic mass is 16.4. The summed E-state index contributed by atoms with van der Waals surface area (Å²) < 4.78 is 1.53. The molecule has 2 N–H and O–H groups in total. The number of carboxylic acids is 1. The van der Waals surface area contributed by atoms with Crippen LogP contribution in [0.2, 0.25) is 0 Å². The van der Waals surface area contributed by atoms with Gasteiger partial charge in [0.1, 0.15) is 5.56 Å². The first-order valence-electron chi connectivity index (χ1n) is 5.08. The Morgan fingerprint density at radius 2 is 2.25 bits per heavy atom. The molecule has 0 aliphatic heterocycles. The maximum absolute atomic E-state index is 11.2. The maximum Gasteiger partial charge on any atom is 0.339 e. The molecule has 0 aliphatic rings. The van der Waals surface area contributed by atoms with Crippen LogP contribution < -0.4 is 5.32 Å². The largest absolute Gasteiger partial charge is 0.478 e. The smallest absolute Gasteiger partial charge is 0.339 e. The van der Waals surface area contributed by atoms with E-state index in [9.17, 15) is 9.59 Å². The fourth-order valence-electron chi connectivity index (χ4n) is 1.37. The SMILES string of the molecule is CCNC(=O)CCn1ncc(C(=O)O)c1C. The third kappa shape index (κ3) is 2.82. The van der Waals surface area contributed by atoms with E-state index in [-0.39, 0.29) is 11.5 Å². The monoisotopic (exact) mass is 225 g/mol. The van der Waals surface area contributed by atoms with Gasteiger partial charge < -0.3 is 10.4 Å². The van der Waals surface area contributed by atoms with Crippen molar-refractivity contribution in [3.8, 4) is 0 Å². The molecule has 0 aliphatic carbocycles. The molecular formula is C10H15N3O3. The minimum atomic E-state index is -0.998. The molecule has 88 valence electrons. The first-order valence-corrected chi connectivity index (χ1v) is 5.08. The molecule has 0 saturated heterocycles. The predicted octanol–water partition coefficient (Wildman–Crippen LogP) is 0.416. The van der Waals surface area contributed by atoms with Crippen LogP contribution >= 0.6 is 0 Å². The van der Waals surface area contributed by atoms with Gasteiger partial charge in [-0.2, -0.15) is 5.10 Å². The number of nitrogens with one attached hydrogen (secondary N) is 1. The third-order valence-corrected chi connectivity index (χ3v) is 2.26. The number of hydrogen-bond donors (Lipinski definition) is 2. The third-order valence-electron chi connectivity index (χ3n) is 2.26. The minimum Gasteiger partial charge on any atom is -0.478 e. The molecule has 16 heavy (non-hydrogen) atoms. The zero-order chi connectivity index (χ0) is 12.1. The van der Waals surface area contributed by atoms with E-state index >= 15 is 0 Å². The van der Waals surface area contributed by atoms with Crippen molar-refractivity contribution in [2.45, 2.75) is 26.8 Å². The molecular weight excluding hydrogens is 210 g/mol. The van der Waals surface area contributed by atoms with Crippen molar-refractivity contribution in [3.05, 3.63) is 17.5 Å². The van der Waals surface area contributed by atoms with Crippen molar-refractivity contribution < 1.29 is 14.7 Å². The molecule has 6 nitrogen and oxygen atoms in total. The Kier molecular flexibility index (Phi) is 4.04. The van der Waals surface area contributed by atoms with E-state index in [4.69, 9.17) is 5.11 Å². The second-order valence-corrected chi connectivity index (χ2v) is 3.38. The Labute approximate surface area is 93.3 Å². The standard InChI is InChI=1S/C10H15N3O3/c1-3-11-9(14)4-5-13-7(2)8(6-12-13)10(15)16/h6H,3-5H2,1-2H3,(H,11,14)(H,15,16). The highest BCUT2D eigenvalue weighted by Gasteiger charge is 2.12. The van der Waals surface area contributed by atoms with Crippen molar-refractivity contribution in [2.24, 2.45) is 0 Å². The number of carbonyl (C=O) groups is 2. The number of aromatic carboxylic acids is 1. The van der Waals surface area contributed by atoms with Crippen molar-refractivity contribution in [1.29, 1.82) is 0 Å². The van der Waals surface area contributed by atoms with Gasteiger partial charge in [-0.1, -0.05) is 0 Å². The Morgan fingerprint density at radius 1 is 1.56 bits per heavy atom. The normalized spacial score (nSPS) is 10.1. The van der Waals surface area contributed by atoms with Crippen molar-refractivity contribution in [1.82, 2.24) is 15.1 Å². The van der Waals surface area contributed by atoms with Gasteiger partial charge in [-0.3, -0.25) is 9.48 Å². The van der Waals surface area contributed by atoms with Crippen LogP contribution in [-0.4, -0.2) is 33.3 Å². The summed E-state index contributed by atoms with van der Waals surface area (Å²) in [6.45, 7) is 4.51. The van der Waals surface area contributed by atoms with Gasteiger partial charge in [0, 0.05) is 25.2 Å². The van der Waals surface area contributed by atoms with E-state index in [1.54, 1.807) is 6.92 Å². The van der Waals surface area contributed by atoms with Gasteiger partial charge in [0.15, 0.2) is 0 Å². The lowest BCUT2D eigenvalue weighted by Gasteiger charge is -2.04. The number of aromatic nitrogens is 2. The lowest BCUT2D eigenvalue weighted by Crippen LogP contribution is -2.24. The van der Waals surface area contributed by atoms with Gasteiger partial charge in [0.05, 0.1) is 6.20 Å². The summed E-state index contributed by atoms with van der Waals surface area (Å²) in [6, 6.07) is 0. The topological polar surface area (TPSA) is 84.2 Å². The molecule has 0 saturated carbocycles. The van der Waals surface area contributed by atoms with Crippen LogP contribution in [0.3, 0.4) is 0 Å². The fourth-order valence-corrected chi connectivity index (χ4v) is 1.37. The zero-order valence-corrected chi connectivity index (χ0v) is 9.36. The Balaban J connectivity index is 2.61. The summed E-state index contributed by atoms with van der Waals surface area (Å²) in [5.41, 5.74) is 0.743. The van der Waals surface area contributed by atoms with Crippen molar-refractivity contribution in [3.63, 3.8) is 0 Å². The first-order chi connectivity index (χ1) is 7.56.